The third-order valence-corrected chi connectivity index (χ3v) is 4.08. The van der Waals surface area contributed by atoms with Crippen molar-refractivity contribution in [2.24, 2.45) is 5.92 Å². The van der Waals surface area contributed by atoms with Gasteiger partial charge in [0.25, 0.3) is 0 Å². The van der Waals surface area contributed by atoms with Crippen LogP contribution in [0.15, 0.2) is 6.33 Å². The fourth-order valence-electron chi connectivity index (χ4n) is 2.71. The van der Waals surface area contributed by atoms with E-state index in [1.165, 1.54) is 12.8 Å². The van der Waals surface area contributed by atoms with Crippen molar-refractivity contribution in [1.82, 2.24) is 9.97 Å². The van der Waals surface area contributed by atoms with E-state index in [0.29, 0.717) is 24.4 Å². The summed E-state index contributed by atoms with van der Waals surface area (Å²) in [5.74, 6) is 2.64. The van der Waals surface area contributed by atoms with Gasteiger partial charge >= 0.3 is 0 Å². The lowest BCUT2D eigenvalue weighted by Gasteiger charge is -2.32. The fourth-order valence-corrected chi connectivity index (χ4v) is 2.71. The molecule has 5 nitrogen and oxygen atoms in total. The molecule has 1 aliphatic carbocycles. The maximum atomic E-state index is 6.07. The zero-order chi connectivity index (χ0) is 14.7. The quantitative estimate of drug-likeness (QED) is 0.830. The van der Waals surface area contributed by atoms with E-state index in [-0.39, 0.29) is 0 Å². The molecule has 1 aromatic heterocycles. The van der Waals surface area contributed by atoms with Crippen LogP contribution in [0.1, 0.15) is 45.1 Å². The SMILES string of the molecule is COCCN(c1ncnc(N)c1C(C)C)C(C)C1CC1. The molecular formula is C15H26N4O. The number of nitrogens with two attached hydrogens (primary N) is 1. The van der Waals surface area contributed by atoms with Crippen molar-refractivity contribution in [1.29, 1.82) is 0 Å². The van der Waals surface area contributed by atoms with Gasteiger partial charge in [0, 0.05) is 25.3 Å². The van der Waals surface area contributed by atoms with Gasteiger partial charge in [-0.1, -0.05) is 13.8 Å². The molecule has 20 heavy (non-hydrogen) atoms. The van der Waals surface area contributed by atoms with Crippen LogP contribution in [0.5, 0.6) is 0 Å². The Kier molecular flexibility index (Phi) is 4.81. The first-order valence-electron chi connectivity index (χ1n) is 7.42. The Morgan fingerprint density at radius 1 is 1.35 bits per heavy atom. The first-order valence-corrected chi connectivity index (χ1v) is 7.42. The highest BCUT2D eigenvalue weighted by atomic mass is 16.5. The molecule has 5 heteroatoms. The summed E-state index contributed by atoms with van der Waals surface area (Å²) in [4.78, 5) is 11.0. The molecule has 1 aliphatic rings. The minimum absolute atomic E-state index is 0.308. The summed E-state index contributed by atoms with van der Waals surface area (Å²) in [7, 11) is 1.73. The van der Waals surface area contributed by atoms with Crippen molar-refractivity contribution < 1.29 is 4.74 Å². The lowest BCUT2D eigenvalue weighted by molar-refractivity contribution is 0.202. The van der Waals surface area contributed by atoms with Crippen LogP contribution in [0.3, 0.4) is 0 Å². The molecule has 0 bridgehead atoms. The molecule has 0 spiro atoms. The molecule has 1 fully saturated rings. The van der Waals surface area contributed by atoms with E-state index in [9.17, 15) is 0 Å². The minimum Gasteiger partial charge on any atom is -0.383 e. The Morgan fingerprint density at radius 3 is 2.60 bits per heavy atom. The summed E-state index contributed by atoms with van der Waals surface area (Å²) >= 11 is 0. The Hall–Kier alpha value is -1.36. The van der Waals surface area contributed by atoms with Gasteiger partial charge in [0.2, 0.25) is 0 Å². The average Bonchev–Trinajstić information content (AvgIpc) is 3.22. The second-order valence-corrected chi connectivity index (χ2v) is 5.92. The van der Waals surface area contributed by atoms with Crippen LogP contribution in [-0.2, 0) is 4.74 Å². The van der Waals surface area contributed by atoms with Crippen LogP contribution in [-0.4, -0.2) is 36.3 Å². The molecule has 0 amide bonds. The van der Waals surface area contributed by atoms with E-state index in [1.54, 1.807) is 13.4 Å². The smallest absolute Gasteiger partial charge is 0.137 e. The van der Waals surface area contributed by atoms with Gasteiger partial charge in [0.15, 0.2) is 0 Å². The van der Waals surface area contributed by atoms with Crippen LogP contribution < -0.4 is 10.6 Å². The maximum absolute atomic E-state index is 6.07. The van der Waals surface area contributed by atoms with Gasteiger partial charge in [0.1, 0.15) is 18.0 Å². The van der Waals surface area contributed by atoms with E-state index < -0.39 is 0 Å². The highest BCUT2D eigenvalue weighted by molar-refractivity contribution is 5.58. The van der Waals surface area contributed by atoms with Crippen molar-refractivity contribution in [3.05, 3.63) is 11.9 Å². The van der Waals surface area contributed by atoms with Crippen molar-refractivity contribution >= 4 is 11.6 Å². The van der Waals surface area contributed by atoms with Crippen molar-refractivity contribution in [2.75, 3.05) is 30.9 Å². The molecule has 2 rings (SSSR count). The van der Waals surface area contributed by atoms with Crippen LogP contribution in [0.4, 0.5) is 11.6 Å². The highest BCUT2D eigenvalue weighted by Gasteiger charge is 2.34. The van der Waals surface area contributed by atoms with Crippen LogP contribution in [0, 0.1) is 5.92 Å². The predicted molar refractivity (Wildman–Crippen MR) is 81.9 cm³/mol. The lowest BCUT2D eigenvalue weighted by Crippen LogP contribution is -2.39. The summed E-state index contributed by atoms with van der Waals surface area (Å²) < 4.78 is 5.26. The Bertz CT molecular complexity index is 445. The zero-order valence-electron chi connectivity index (χ0n) is 13.0. The standard InChI is InChI=1S/C15H26N4O/c1-10(2)13-14(16)17-9-18-15(13)19(7-8-20-4)11(3)12-5-6-12/h9-12H,5-8H2,1-4H3,(H2,16,17,18). The number of nitrogens with zero attached hydrogens (tertiary/aromatic N) is 3. The third-order valence-electron chi connectivity index (χ3n) is 4.08. The molecule has 0 aliphatic heterocycles. The lowest BCUT2D eigenvalue weighted by atomic mass is 10.0. The molecule has 112 valence electrons. The van der Waals surface area contributed by atoms with E-state index >= 15 is 0 Å². The van der Waals surface area contributed by atoms with E-state index in [2.05, 4.69) is 35.6 Å². The van der Waals surface area contributed by atoms with Gasteiger partial charge in [-0.2, -0.15) is 0 Å². The number of aromatic nitrogens is 2. The number of ether oxygens (including phenoxy) is 1. The largest absolute Gasteiger partial charge is 0.383 e. The monoisotopic (exact) mass is 278 g/mol. The van der Waals surface area contributed by atoms with E-state index in [4.69, 9.17) is 10.5 Å². The summed E-state index contributed by atoms with van der Waals surface area (Å²) in [6, 6.07) is 0.469. The summed E-state index contributed by atoms with van der Waals surface area (Å²) in [6.45, 7) is 8.07. The second kappa shape index (κ2) is 6.39. The number of methoxy groups -OCH3 is 1. The van der Waals surface area contributed by atoms with Gasteiger partial charge in [-0.3, -0.25) is 0 Å². The molecule has 2 N–H and O–H groups in total. The Morgan fingerprint density at radius 2 is 2.05 bits per heavy atom. The maximum Gasteiger partial charge on any atom is 0.137 e. The van der Waals surface area contributed by atoms with Crippen LogP contribution >= 0.6 is 0 Å². The molecule has 1 saturated carbocycles. The molecule has 1 aromatic rings. The van der Waals surface area contributed by atoms with E-state index in [0.717, 1.165) is 23.8 Å². The third kappa shape index (κ3) is 3.20. The van der Waals surface area contributed by atoms with E-state index in [1.807, 2.05) is 0 Å². The van der Waals surface area contributed by atoms with Crippen molar-refractivity contribution in [2.45, 2.75) is 45.6 Å². The van der Waals surface area contributed by atoms with Crippen molar-refractivity contribution in [3.8, 4) is 0 Å². The molecule has 0 aromatic carbocycles. The number of hydrogen-bond acceptors (Lipinski definition) is 5. The molecular weight excluding hydrogens is 252 g/mol. The van der Waals surface area contributed by atoms with Gasteiger partial charge < -0.3 is 15.4 Å². The molecule has 0 saturated heterocycles. The summed E-state index contributed by atoms with van der Waals surface area (Å²) in [6.07, 6.45) is 4.18. The second-order valence-electron chi connectivity index (χ2n) is 5.92. The molecule has 1 heterocycles. The van der Waals surface area contributed by atoms with Crippen LogP contribution in [0.2, 0.25) is 0 Å². The molecule has 1 atom stereocenters. The summed E-state index contributed by atoms with van der Waals surface area (Å²) in [5, 5.41) is 0. The number of rotatable bonds is 7. The van der Waals surface area contributed by atoms with Gasteiger partial charge in [-0.15, -0.1) is 0 Å². The molecule has 0 radical (unpaired) electrons. The van der Waals surface area contributed by atoms with Crippen molar-refractivity contribution in [3.63, 3.8) is 0 Å². The zero-order valence-corrected chi connectivity index (χ0v) is 13.0. The predicted octanol–water partition coefficient (Wildman–Crippen LogP) is 2.43. The van der Waals surface area contributed by atoms with Gasteiger partial charge in [-0.25, -0.2) is 9.97 Å². The van der Waals surface area contributed by atoms with Crippen LogP contribution in [0.25, 0.3) is 0 Å². The Balaban J connectivity index is 2.34. The molecule has 1 unspecified atom stereocenters. The number of hydrogen-bond donors (Lipinski definition) is 1. The summed E-state index contributed by atoms with van der Waals surface area (Å²) in [5.41, 5.74) is 7.12. The fraction of sp³-hybridized carbons (Fsp3) is 0.733. The topological polar surface area (TPSA) is 64.3 Å². The first kappa shape index (κ1) is 15.0. The van der Waals surface area contributed by atoms with Gasteiger partial charge in [-0.05, 0) is 31.6 Å². The number of anilines is 2. The highest BCUT2D eigenvalue weighted by Crippen LogP contribution is 2.38. The van der Waals surface area contributed by atoms with Gasteiger partial charge in [0.05, 0.1) is 6.61 Å². The minimum atomic E-state index is 0.308. The normalized spacial score (nSPS) is 16.4. The first-order chi connectivity index (χ1) is 9.56. The Labute approximate surface area is 121 Å². The average molecular weight is 278 g/mol. The number of nitrogen functional groups attached to an aromatic ring is 1.